The number of hydrogen-bond donors (Lipinski definition) is 1. The van der Waals surface area contributed by atoms with Crippen LogP contribution in [0, 0.1) is 5.82 Å². The van der Waals surface area contributed by atoms with Crippen LogP contribution in [0.4, 0.5) is 23.4 Å². The summed E-state index contributed by atoms with van der Waals surface area (Å²) < 4.78 is 55.3. The van der Waals surface area contributed by atoms with Gasteiger partial charge in [-0.05, 0) is 25.0 Å². The van der Waals surface area contributed by atoms with Gasteiger partial charge in [0.1, 0.15) is 5.82 Å². The molecule has 1 saturated carbocycles. The maximum atomic E-state index is 13.7. The van der Waals surface area contributed by atoms with Gasteiger partial charge in [0.25, 0.3) is 0 Å². The van der Waals surface area contributed by atoms with E-state index in [1.54, 1.807) is 30.5 Å². The smallest absolute Gasteiger partial charge is 0.309 e. The normalized spacial score (nSPS) is 14.1. The van der Waals surface area contributed by atoms with Crippen LogP contribution in [0.2, 0.25) is 0 Å². The molecule has 4 rings (SSSR count). The molecule has 6 nitrogen and oxygen atoms in total. The highest BCUT2D eigenvalue weighted by Crippen LogP contribution is 2.42. The number of benzene rings is 1. The highest BCUT2D eigenvalue weighted by Gasteiger charge is 2.37. The second-order valence-corrected chi connectivity index (χ2v) is 7.24. The summed E-state index contributed by atoms with van der Waals surface area (Å²) in [5.41, 5.74) is 0.0474. The molecule has 1 aromatic carbocycles. The zero-order chi connectivity index (χ0) is 21.3. The summed E-state index contributed by atoms with van der Waals surface area (Å²) in [4.78, 5) is 12.2. The average Bonchev–Trinajstić information content (AvgIpc) is 3.28. The lowest BCUT2D eigenvalue weighted by Crippen LogP contribution is -2.17. The molecule has 30 heavy (non-hydrogen) atoms. The molecule has 0 atom stereocenters. The molecule has 1 aliphatic carbocycles. The van der Waals surface area contributed by atoms with Gasteiger partial charge in [0, 0.05) is 42.4 Å². The largest absolute Gasteiger partial charge is 0.435 e. The number of halogens is 4. The van der Waals surface area contributed by atoms with Crippen LogP contribution in [0.5, 0.6) is 0 Å². The van der Waals surface area contributed by atoms with Gasteiger partial charge in [-0.1, -0.05) is 18.2 Å². The quantitative estimate of drug-likeness (QED) is 0.582. The molecule has 1 amide bonds. The molecule has 0 aliphatic heterocycles. The van der Waals surface area contributed by atoms with Crippen LogP contribution >= 0.6 is 0 Å². The van der Waals surface area contributed by atoms with Gasteiger partial charge in [0.15, 0.2) is 11.5 Å². The molecular formula is C20H19F4N5O. The monoisotopic (exact) mass is 421 g/mol. The molecule has 3 aromatic rings. The number of aryl methyl sites for hydroxylation is 1. The van der Waals surface area contributed by atoms with E-state index in [1.807, 2.05) is 0 Å². The lowest BCUT2D eigenvalue weighted by atomic mass is 10.2. The fraction of sp³-hybridized carbons (Fsp3) is 0.350. The van der Waals surface area contributed by atoms with Crippen molar-refractivity contribution < 1.29 is 22.4 Å². The van der Waals surface area contributed by atoms with E-state index in [2.05, 4.69) is 15.5 Å². The molecule has 158 valence electrons. The molecule has 10 heteroatoms. The van der Waals surface area contributed by atoms with Crippen molar-refractivity contribution in [3.8, 4) is 0 Å². The number of carbonyl (C=O) groups excluding carboxylic acids is 1. The van der Waals surface area contributed by atoms with Crippen molar-refractivity contribution in [2.45, 2.75) is 44.4 Å². The third-order valence-corrected chi connectivity index (χ3v) is 4.85. The maximum absolute atomic E-state index is 13.7. The molecule has 1 N–H and O–H groups in total. The Morgan fingerprint density at radius 1 is 1.17 bits per heavy atom. The molecule has 0 bridgehead atoms. The molecule has 0 radical (unpaired) electrons. The van der Waals surface area contributed by atoms with E-state index in [-0.39, 0.29) is 37.1 Å². The molecule has 0 unspecified atom stereocenters. The van der Waals surface area contributed by atoms with Crippen molar-refractivity contribution in [2.75, 3.05) is 5.32 Å². The minimum atomic E-state index is -4.51. The van der Waals surface area contributed by atoms with Crippen molar-refractivity contribution in [3.63, 3.8) is 0 Å². The van der Waals surface area contributed by atoms with E-state index >= 15 is 0 Å². The van der Waals surface area contributed by atoms with Crippen molar-refractivity contribution >= 4 is 11.7 Å². The zero-order valence-corrected chi connectivity index (χ0v) is 15.9. The van der Waals surface area contributed by atoms with E-state index in [0.717, 1.165) is 18.9 Å². The Kier molecular flexibility index (Phi) is 5.31. The number of nitrogens with one attached hydrogen (secondary N) is 1. The number of aromatic nitrogens is 4. The SMILES string of the molecule is O=C(CCn1nc(C(F)(F)F)cc1C1CC1)Nc1ccn(Cc2ccccc2F)n1. The fourth-order valence-electron chi connectivity index (χ4n) is 3.19. The molecule has 2 aromatic heterocycles. The van der Waals surface area contributed by atoms with Crippen LogP contribution in [0.15, 0.2) is 42.6 Å². The van der Waals surface area contributed by atoms with Crippen LogP contribution in [-0.4, -0.2) is 25.5 Å². The molecule has 2 heterocycles. The first-order chi connectivity index (χ1) is 14.3. The number of rotatable bonds is 7. The van der Waals surface area contributed by atoms with Gasteiger partial charge < -0.3 is 5.32 Å². The topological polar surface area (TPSA) is 64.7 Å². The van der Waals surface area contributed by atoms with Gasteiger partial charge in [0.05, 0.1) is 6.54 Å². The predicted molar refractivity (Wildman–Crippen MR) is 100 cm³/mol. The molecule has 0 saturated heterocycles. The highest BCUT2D eigenvalue weighted by atomic mass is 19.4. The van der Waals surface area contributed by atoms with Crippen molar-refractivity contribution in [3.05, 3.63) is 65.4 Å². The minimum absolute atomic E-state index is 0.0428. The lowest BCUT2D eigenvalue weighted by Gasteiger charge is -2.07. The Balaban J connectivity index is 1.35. The number of hydrogen-bond acceptors (Lipinski definition) is 3. The van der Waals surface area contributed by atoms with Gasteiger partial charge in [-0.3, -0.25) is 14.2 Å². The van der Waals surface area contributed by atoms with E-state index in [1.165, 1.54) is 15.4 Å². The molecular weight excluding hydrogens is 402 g/mol. The van der Waals surface area contributed by atoms with Gasteiger partial charge in [0.2, 0.25) is 5.91 Å². The van der Waals surface area contributed by atoms with E-state index in [0.29, 0.717) is 11.3 Å². The minimum Gasteiger partial charge on any atom is -0.309 e. The Morgan fingerprint density at radius 3 is 2.63 bits per heavy atom. The van der Waals surface area contributed by atoms with E-state index in [4.69, 9.17) is 0 Å². The molecule has 0 spiro atoms. The Bertz CT molecular complexity index is 1050. The average molecular weight is 421 g/mol. The van der Waals surface area contributed by atoms with Crippen molar-refractivity contribution in [2.24, 2.45) is 0 Å². The Hall–Kier alpha value is -3.17. The number of anilines is 1. The first kappa shape index (κ1) is 20.1. The number of carbonyl (C=O) groups is 1. The third kappa shape index (κ3) is 4.69. The van der Waals surface area contributed by atoms with E-state index in [9.17, 15) is 22.4 Å². The summed E-state index contributed by atoms with van der Waals surface area (Å²) in [6.45, 7) is 0.254. The summed E-state index contributed by atoms with van der Waals surface area (Å²) in [7, 11) is 0. The first-order valence-corrected chi connectivity index (χ1v) is 9.51. The maximum Gasteiger partial charge on any atom is 0.435 e. The summed E-state index contributed by atoms with van der Waals surface area (Å²) >= 11 is 0. The second-order valence-electron chi connectivity index (χ2n) is 7.24. The van der Waals surface area contributed by atoms with Gasteiger partial charge in [-0.25, -0.2) is 4.39 Å². The van der Waals surface area contributed by atoms with E-state index < -0.39 is 17.8 Å². The van der Waals surface area contributed by atoms with Crippen LogP contribution in [-0.2, 0) is 24.1 Å². The Morgan fingerprint density at radius 2 is 1.93 bits per heavy atom. The number of nitrogens with zero attached hydrogens (tertiary/aromatic N) is 4. The lowest BCUT2D eigenvalue weighted by molar-refractivity contribution is -0.141. The number of amides is 1. The number of alkyl halides is 3. The summed E-state index contributed by atoms with van der Waals surface area (Å²) in [5, 5.41) is 10.4. The summed E-state index contributed by atoms with van der Waals surface area (Å²) in [6.07, 6.45) is -1.29. The second kappa shape index (κ2) is 7.92. The van der Waals surface area contributed by atoms with Crippen molar-refractivity contribution in [1.29, 1.82) is 0 Å². The van der Waals surface area contributed by atoms with Crippen LogP contribution in [0.3, 0.4) is 0 Å². The standard InChI is InChI=1S/C20H19F4N5O/c21-15-4-2-1-3-14(15)12-28-9-7-18(27-28)25-19(30)8-10-29-16(13-5-6-13)11-17(26-29)20(22,23)24/h1-4,7,9,11,13H,5-6,8,10,12H2,(H,25,27,30). The molecule has 1 aliphatic rings. The molecule has 1 fully saturated rings. The third-order valence-electron chi connectivity index (χ3n) is 4.85. The van der Waals surface area contributed by atoms with Gasteiger partial charge in [-0.2, -0.15) is 23.4 Å². The summed E-state index contributed by atoms with van der Waals surface area (Å²) in [5.74, 6) is -0.375. The first-order valence-electron chi connectivity index (χ1n) is 9.51. The van der Waals surface area contributed by atoms with Crippen LogP contribution < -0.4 is 5.32 Å². The van der Waals surface area contributed by atoms with Gasteiger partial charge in [-0.15, -0.1) is 0 Å². The van der Waals surface area contributed by atoms with Crippen LogP contribution in [0.1, 0.15) is 42.1 Å². The predicted octanol–water partition coefficient (Wildman–Crippen LogP) is 4.19. The summed E-state index contributed by atoms with van der Waals surface area (Å²) in [6, 6.07) is 8.96. The zero-order valence-electron chi connectivity index (χ0n) is 15.9. The Labute approximate surface area is 169 Å². The fourth-order valence-corrected chi connectivity index (χ4v) is 3.19. The highest BCUT2D eigenvalue weighted by molar-refractivity contribution is 5.89. The van der Waals surface area contributed by atoms with Crippen LogP contribution in [0.25, 0.3) is 0 Å². The van der Waals surface area contributed by atoms with Gasteiger partial charge >= 0.3 is 6.18 Å². The van der Waals surface area contributed by atoms with Crippen molar-refractivity contribution in [1.82, 2.24) is 19.6 Å².